The molecule has 8 nitrogen and oxygen atoms in total. The number of carbonyl (C=O) groups is 1. The summed E-state index contributed by atoms with van der Waals surface area (Å²) in [5.74, 6) is 1.56. The highest BCUT2D eigenvalue weighted by molar-refractivity contribution is 6.11. The summed E-state index contributed by atoms with van der Waals surface area (Å²) in [6.45, 7) is 6.31. The molecule has 5 aromatic rings. The van der Waals surface area contributed by atoms with Gasteiger partial charge in [-0.1, -0.05) is 62.4 Å². The van der Waals surface area contributed by atoms with Crippen LogP contribution in [0.15, 0.2) is 72.9 Å². The number of anilines is 3. The molecule has 2 heterocycles. The van der Waals surface area contributed by atoms with Crippen LogP contribution in [0.4, 0.5) is 22.0 Å². The summed E-state index contributed by atoms with van der Waals surface area (Å²) in [6.07, 6.45) is 7.23. The van der Waals surface area contributed by atoms with Crippen molar-refractivity contribution in [3.05, 3.63) is 90.0 Å². The number of fused-ring (bicyclic) bond motifs is 2. The number of carbonyl (C=O) groups excluding carboxylic acids is 1. The summed E-state index contributed by atoms with van der Waals surface area (Å²) in [5, 5.41) is 11.3. The van der Waals surface area contributed by atoms with Crippen molar-refractivity contribution >= 4 is 45.1 Å². The van der Waals surface area contributed by atoms with Gasteiger partial charge in [-0.2, -0.15) is 0 Å². The zero-order valence-electron chi connectivity index (χ0n) is 24.5. The Bertz CT molecular complexity index is 1840. The largest absolute Gasteiger partial charge is 0.382 e. The SMILES string of the molecule is CNC1CC=C(c2cnc(N)c3c(-c4ccc(NC(=O)Nc5cccc(C)c5)c5ccccc45)nc(C(C)C)n23)CC1. The molecule has 42 heavy (non-hydrogen) atoms. The molecule has 0 fully saturated rings. The molecule has 1 unspecified atom stereocenters. The minimum Gasteiger partial charge on any atom is -0.382 e. The molecule has 0 saturated heterocycles. The lowest BCUT2D eigenvalue weighted by Crippen LogP contribution is -2.26. The Hall–Kier alpha value is -4.69. The van der Waals surface area contributed by atoms with Crippen molar-refractivity contribution in [2.45, 2.75) is 52.0 Å². The maximum Gasteiger partial charge on any atom is 0.323 e. The minimum absolute atomic E-state index is 0.165. The Labute approximate surface area is 246 Å². The average molecular weight is 560 g/mol. The van der Waals surface area contributed by atoms with Gasteiger partial charge < -0.3 is 21.7 Å². The molecule has 5 N–H and O–H groups in total. The number of hydrogen-bond donors (Lipinski definition) is 4. The number of aromatic nitrogens is 3. The Morgan fingerprint density at radius 1 is 1.05 bits per heavy atom. The number of hydrogen-bond acceptors (Lipinski definition) is 5. The Morgan fingerprint density at radius 2 is 1.86 bits per heavy atom. The third kappa shape index (κ3) is 5.10. The number of benzene rings is 3. The van der Waals surface area contributed by atoms with Crippen molar-refractivity contribution < 1.29 is 4.79 Å². The van der Waals surface area contributed by atoms with E-state index in [1.807, 2.05) is 74.8 Å². The van der Waals surface area contributed by atoms with Crippen LogP contribution in [0, 0.1) is 6.92 Å². The van der Waals surface area contributed by atoms with E-state index in [0.29, 0.717) is 17.5 Å². The van der Waals surface area contributed by atoms with Gasteiger partial charge >= 0.3 is 6.03 Å². The summed E-state index contributed by atoms with van der Waals surface area (Å²) < 4.78 is 2.21. The average Bonchev–Trinajstić information content (AvgIpc) is 3.39. The third-order valence-corrected chi connectivity index (χ3v) is 8.08. The van der Waals surface area contributed by atoms with Gasteiger partial charge in [-0.3, -0.25) is 4.40 Å². The van der Waals surface area contributed by atoms with Crippen LogP contribution >= 0.6 is 0 Å². The third-order valence-electron chi connectivity index (χ3n) is 8.08. The predicted octanol–water partition coefficient (Wildman–Crippen LogP) is 7.36. The lowest BCUT2D eigenvalue weighted by atomic mass is 9.93. The van der Waals surface area contributed by atoms with Gasteiger partial charge in [0.1, 0.15) is 22.9 Å². The van der Waals surface area contributed by atoms with Gasteiger partial charge in [0.25, 0.3) is 0 Å². The highest BCUT2D eigenvalue weighted by Crippen LogP contribution is 2.39. The second-order valence-corrected chi connectivity index (χ2v) is 11.3. The van der Waals surface area contributed by atoms with Gasteiger partial charge in [0.15, 0.2) is 0 Å². The molecule has 0 bridgehead atoms. The number of nitrogen functional groups attached to an aromatic ring is 1. The van der Waals surface area contributed by atoms with E-state index in [4.69, 9.17) is 10.7 Å². The Morgan fingerprint density at radius 3 is 2.57 bits per heavy atom. The molecule has 2 aromatic heterocycles. The normalized spacial score (nSPS) is 15.3. The lowest BCUT2D eigenvalue weighted by molar-refractivity contribution is 0.262. The molecule has 3 aromatic carbocycles. The molecule has 1 atom stereocenters. The summed E-state index contributed by atoms with van der Waals surface area (Å²) in [7, 11) is 2.02. The van der Waals surface area contributed by atoms with Crippen molar-refractivity contribution in [3.8, 4) is 11.3 Å². The fraction of sp³-hybridized carbons (Fsp3) is 0.265. The first-order valence-corrected chi connectivity index (χ1v) is 14.5. The van der Waals surface area contributed by atoms with E-state index in [-0.39, 0.29) is 11.9 Å². The van der Waals surface area contributed by atoms with E-state index in [1.54, 1.807) is 0 Å². The number of nitrogens with two attached hydrogens (primary N) is 1. The lowest BCUT2D eigenvalue weighted by Gasteiger charge is -2.22. The zero-order valence-corrected chi connectivity index (χ0v) is 24.5. The van der Waals surface area contributed by atoms with Crippen molar-refractivity contribution in [1.29, 1.82) is 0 Å². The van der Waals surface area contributed by atoms with Crippen LogP contribution in [0.3, 0.4) is 0 Å². The molecule has 0 spiro atoms. The van der Waals surface area contributed by atoms with Crippen LogP contribution in [-0.4, -0.2) is 33.5 Å². The number of amides is 2. The van der Waals surface area contributed by atoms with Crippen LogP contribution in [-0.2, 0) is 0 Å². The smallest absolute Gasteiger partial charge is 0.323 e. The number of rotatable bonds is 6. The monoisotopic (exact) mass is 559 g/mol. The maximum absolute atomic E-state index is 12.9. The highest BCUT2D eigenvalue weighted by atomic mass is 16.2. The fourth-order valence-electron chi connectivity index (χ4n) is 5.92. The number of nitrogens with zero attached hydrogens (tertiary/aromatic N) is 3. The minimum atomic E-state index is -0.299. The van der Waals surface area contributed by atoms with E-state index in [1.165, 1.54) is 5.57 Å². The summed E-state index contributed by atoms with van der Waals surface area (Å²) in [6, 6.07) is 19.9. The maximum atomic E-state index is 12.9. The molecule has 0 aliphatic heterocycles. The molecule has 6 rings (SSSR count). The van der Waals surface area contributed by atoms with E-state index in [0.717, 1.165) is 69.6 Å². The second kappa shape index (κ2) is 11.3. The van der Waals surface area contributed by atoms with Gasteiger partial charge in [0.2, 0.25) is 0 Å². The molecule has 0 radical (unpaired) electrons. The summed E-state index contributed by atoms with van der Waals surface area (Å²) in [4.78, 5) is 22.8. The summed E-state index contributed by atoms with van der Waals surface area (Å²) in [5.41, 5.74) is 14.0. The van der Waals surface area contributed by atoms with Crippen molar-refractivity contribution in [2.24, 2.45) is 0 Å². The standard InChI is InChI=1S/C34H37N7O/c1-20(2)33-40-30(31-32(35)37-19-29(41(31)33)22-12-14-23(36-4)15-13-22)27-16-17-28(26-11-6-5-10-25(26)27)39-34(42)38-24-9-7-8-21(3)18-24/h5-12,16-20,23,36H,13-15H2,1-4H3,(H2,35,37)(H2,38,39,42). The van der Waals surface area contributed by atoms with Crippen molar-refractivity contribution in [1.82, 2.24) is 19.7 Å². The van der Waals surface area contributed by atoms with Gasteiger partial charge in [-0.05, 0) is 68.0 Å². The molecular weight excluding hydrogens is 522 g/mol. The first kappa shape index (κ1) is 27.5. The first-order valence-electron chi connectivity index (χ1n) is 14.5. The van der Waals surface area contributed by atoms with Crippen molar-refractivity contribution in [2.75, 3.05) is 23.4 Å². The quantitative estimate of drug-likeness (QED) is 0.174. The van der Waals surface area contributed by atoms with Gasteiger partial charge in [0.05, 0.1) is 17.6 Å². The van der Waals surface area contributed by atoms with E-state index in [9.17, 15) is 4.79 Å². The van der Waals surface area contributed by atoms with Crippen LogP contribution in [0.2, 0.25) is 0 Å². The number of imidazole rings is 1. The van der Waals surface area contributed by atoms with Crippen LogP contribution in [0.5, 0.6) is 0 Å². The van der Waals surface area contributed by atoms with Gasteiger partial charge in [-0.15, -0.1) is 0 Å². The molecule has 1 aliphatic rings. The first-order chi connectivity index (χ1) is 20.3. The van der Waals surface area contributed by atoms with Gasteiger partial charge in [0, 0.05) is 28.6 Å². The number of nitrogens with one attached hydrogen (secondary N) is 3. The molecular formula is C34H37N7O. The predicted molar refractivity (Wildman–Crippen MR) is 173 cm³/mol. The van der Waals surface area contributed by atoms with Crippen LogP contribution in [0.1, 0.15) is 56.1 Å². The van der Waals surface area contributed by atoms with E-state index in [2.05, 4.69) is 51.3 Å². The molecule has 1 aliphatic carbocycles. The molecule has 2 amide bonds. The fourth-order valence-corrected chi connectivity index (χ4v) is 5.92. The second-order valence-electron chi connectivity index (χ2n) is 11.3. The molecule has 0 saturated carbocycles. The number of aryl methyl sites for hydroxylation is 1. The Kier molecular flexibility index (Phi) is 7.39. The van der Waals surface area contributed by atoms with Crippen LogP contribution in [0.25, 0.3) is 33.1 Å². The molecule has 214 valence electrons. The van der Waals surface area contributed by atoms with E-state index >= 15 is 0 Å². The zero-order chi connectivity index (χ0) is 29.4. The topological polar surface area (TPSA) is 109 Å². The summed E-state index contributed by atoms with van der Waals surface area (Å²) >= 11 is 0. The van der Waals surface area contributed by atoms with Crippen molar-refractivity contribution in [3.63, 3.8) is 0 Å². The Balaban J connectivity index is 1.45. The van der Waals surface area contributed by atoms with Gasteiger partial charge in [-0.25, -0.2) is 14.8 Å². The number of urea groups is 1. The van der Waals surface area contributed by atoms with E-state index < -0.39 is 0 Å². The molecule has 8 heteroatoms. The highest BCUT2D eigenvalue weighted by Gasteiger charge is 2.25. The van der Waals surface area contributed by atoms with Crippen LogP contribution < -0.4 is 21.7 Å². The number of allylic oxidation sites excluding steroid dienone is 1.